The van der Waals surface area contributed by atoms with Gasteiger partial charge in [0, 0.05) is 12.0 Å². The minimum Gasteiger partial charge on any atom is -0.409 e. The van der Waals surface area contributed by atoms with Gasteiger partial charge in [-0.05, 0) is 19.8 Å². The average molecular weight is 270 g/mol. The molecule has 7 heteroatoms. The molecule has 4 nitrogen and oxygen atoms in total. The summed E-state index contributed by atoms with van der Waals surface area (Å²) in [5.74, 6) is 0.118. The summed E-state index contributed by atoms with van der Waals surface area (Å²) in [5.41, 5.74) is 5.02. The van der Waals surface area contributed by atoms with Gasteiger partial charge in [0.2, 0.25) is 0 Å². The molecule has 0 fully saturated rings. The van der Waals surface area contributed by atoms with Crippen LogP contribution in [0.5, 0.6) is 0 Å². The number of rotatable bonds is 7. The molecular formula is C11H21F3N2O2. The number of nitrogens with zero attached hydrogens (tertiary/aromatic N) is 1. The van der Waals surface area contributed by atoms with E-state index < -0.39 is 17.7 Å². The van der Waals surface area contributed by atoms with E-state index in [0.717, 1.165) is 6.92 Å². The van der Waals surface area contributed by atoms with E-state index in [4.69, 9.17) is 10.9 Å². The Morgan fingerprint density at radius 3 is 2.33 bits per heavy atom. The monoisotopic (exact) mass is 270 g/mol. The predicted molar refractivity (Wildman–Crippen MR) is 62.5 cm³/mol. The lowest BCUT2D eigenvalue weighted by Gasteiger charge is -2.22. The standard InChI is InChI=1S/C11H21F3N2O2/c1-8(11(12,13)14)18-7-5-4-6-10(2,3)9(15)16-17/h8,17H,4-7H2,1-3H3,(H2,15,16). The molecule has 0 amide bonds. The Morgan fingerprint density at radius 2 is 1.89 bits per heavy atom. The van der Waals surface area contributed by atoms with Crippen LogP contribution in [-0.2, 0) is 4.74 Å². The van der Waals surface area contributed by atoms with Crippen molar-refractivity contribution in [3.05, 3.63) is 0 Å². The smallest absolute Gasteiger partial charge is 0.409 e. The second-order valence-electron chi connectivity index (χ2n) is 4.88. The van der Waals surface area contributed by atoms with Crippen molar-refractivity contribution in [1.82, 2.24) is 0 Å². The maximum atomic E-state index is 12.1. The highest BCUT2D eigenvalue weighted by Gasteiger charge is 2.36. The van der Waals surface area contributed by atoms with Crippen LogP contribution >= 0.6 is 0 Å². The molecule has 1 atom stereocenters. The Balaban J connectivity index is 3.82. The van der Waals surface area contributed by atoms with Gasteiger partial charge in [-0.15, -0.1) is 0 Å². The van der Waals surface area contributed by atoms with Crippen molar-refractivity contribution in [1.29, 1.82) is 0 Å². The van der Waals surface area contributed by atoms with Gasteiger partial charge in [-0.25, -0.2) is 0 Å². The summed E-state index contributed by atoms with van der Waals surface area (Å²) in [6, 6.07) is 0. The minimum absolute atomic E-state index is 0.0485. The second kappa shape index (κ2) is 6.82. The summed E-state index contributed by atoms with van der Waals surface area (Å²) in [6.07, 6.45) is -4.29. The van der Waals surface area contributed by atoms with Crippen LogP contribution in [0.2, 0.25) is 0 Å². The maximum absolute atomic E-state index is 12.1. The van der Waals surface area contributed by atoms with E-state index in [0.29, 0.717) is 19.3 Å². The highest BCUT2D eigenvalue weighted by atomic mass is 19.4. The molecule has 0 rings (SSSR count). The van der Waals surface area contributed by atoms with Crippen LogP contribution in [0.15, 0.2) is 5.16 Å². The first-order valence-electron chi connectivity index (χ1n) is 5.77. The molecule has 18 heavy (non-hydrogen) atoms. The first-order valence-corrected chi connectivity index (χ1v) is 5.77. The summed E-state index contributed by atoms with van der Waals surface area (Å²) in [4.78, 5) is 0. The molecule has 0 aromatic heterocycles. The lowest BCUT2D eigenvalue weighted by molar-refractivity contribution is -0.214. The molecule has 0 aliphatic carbocycles. The summed E-state index contributed by atoms with van der Waals surface area (Å²) < 4.78 is 41.0. The van der Waals surface area contributed by atoms with Crippen LogP contribution in [0.3, 0.4) is 0 Å². The van der Waals surface area contributed by atoms with Crippen molar-refractivity contribution in [2.24, 2.45) is 16.3 Å². The zero-order valence-electron chi connectivity index (χ0n) is 10.9. The number of unbranched alkanes of at least 4 members (excludes halogenated alkanes) is 1. The lowest BCUT2D eigenvalue weighted by atomic mass is 9.86. The summed E-state index contributed by atoms with van der Waals surface area (Å²) in [6.45, 7) is 4.65. The molecule has 108 valence electrons. The molecule has 0 saturated heterocycles. The number of alkyl halides is 3. The Hall–Kier alpha value is -0.980. The van der Waals surface area contributed by atoms with Gasteiger partial charge in [0.15, 0.2) is 6.10 Å². The summed E-state index contributed by atoms with van der Waals surface area (Å²) in [7, 11) is 0. The number of hydrogen-bond acceptors (Lipinski definition) is 3. The average Bonchev–Trinajstić information content (AvgIpc) is 2.25. The molecule has 0 aliphatic heterocycles. The first-order chi connectivity index (χ1) is 8.11. The molecule has 0 bridgehead atoms. The fourth-order valence-corrected chi connectivity index (χ4v) is 1.29. The van der Waals surface area contributed by atoms with Gasteiger partial charge >= 0.3 is 6.18 Å². The number of ether oxygens (including phenoxy) is 1. The summed E-state index contributed by atoms with van der Waals surface area (Å²) >= 11 is 0. The fraction of sp³-hybridized carbons (Fsp3) is 0.909. The van der Waals surface area contributed by atoms with E-state index in [1.54, 1.807) is 13.8 Å². The number of hydrogen-bond donors (Lipinski definition) is 2. The third-order valence-corrected chi connectivity index (χ3v) is 2.83. The van der Waals surface area contributed by atoms with Gasteiger partial charge in [-0.3, -0.25) is 0 Å². The van der Waals surface area contributed by atoms with Crippen LogP contribution in [0.1, 0.15) is 40.0 Å². The van der Waals surface area contributed by atoms with Crippen LogP contribution in [0, 0.1) is 5.41 Å². The Bertz CT molecular complexity index is 278. The van der Waals surface area contributed by atoms with Gasteiger partial charge in [0.1, 0.15) is 5.84 Å². The molecule has 0 aromatic rings. The first kappa shape index (κ1) is 17.0. The molecule has 3 N–H and O–H groups in total. The normalized spacial score (nSPS) is 15.8. The molecule has 0 spiro atoms. The molecule has 0 aliphatic rings. The molecule has 0 aromatic carbocycles. The third kappa shape index (κ3) is 6.09. The zero-order valence-corrected chi connectivity index (χ0v) is 10.9. The molecule has 1 unspecified atom stereocenters. The molecule has 0 heterocycles. The SMILES string of the molecule is CC(OCCCCC(C)(C)C(N)=NO)C(F)(F)F. The van der Waals surface area contributed by atoms with Crippen LogP contribution in [0.4, 0.5) is 13.2 Å². The second-order valence-corrected chi connectivity index (χ2v) is 4.88. The van der Waals surface area contributed by atoms with E-state index in [9.17, 15) is 13.2 Å². The van der Waals surface area contributed by atoms with Crippen molar-refractivity contribution in [3.63, 3.8) is 0 Å². The number of nitrogens with two attached hydrogens (primary N) is 1. The number of oxime groups is 1. The van der Waals surface area contributed by atoms with Gasteiger partial charge in [0.05, 0.1) is 0 Å². The van der Waals surface area contributed by atoms with Crippen LogP contribution in [0.25, 0.3) is 0 Å². The lowest BCUT2D eigenvalue weighted by Crippen LogP contribution is -2.32. The van der Waals surface area contributed by atoms with Gasteiger partial charge in [-0.1, -0.05) is 25.4 Å². The predicted octanol–water partition coefficient (Wildman–Crippen LogP) is 2.90. The van der Waals surface area contributed by atoms with Gasteiger partial charge in [0.25, 0.3) is 0 Å². The minimum atomic E-state index is -4.31. The van der Waals surface area contributed by atoms with Crippen molar-refractivity contribution in [2.75, 3.05) is 6.61 Å². The van der Waals surface area contributed by atoms with E-state index in [2.05, 4.69) is 9.89 Å². The Labute approximate surface area is 105 Å². The van der Waals surface area contributed by atoms with Crippen molar-refractivity contribution < 1.29 is 23.1 Å². The number of amidine groups is 1. The Kier molecular flexibility index (Phi) is 6.45. The zero-order chi connectivity index (χ0) is 14.4. The highest BCUT2D eigenvalue weighted by Crippen LogP contribution is 2.25. The highest BCUT2D eigenvalue weighted by molar-refractivity contribution is 5.85. The topological polar surface area (TPSA) is 67.8 Å². The van der Waals surface area contributed by atoms with Crippen molar-refractivity contribution in [2.45, 2.75) is 52.3 Å². The van der Waals surface area contributed by atoms with Gasteiger partial charge in [-0.2, -0.15) is 13.2 Å². The molecule has 0 radical (unpaired) electrons. The number of halogens is 3. The van der Waals surface area contributed by atoms with E-state index in [-0.39, 0.29) is 12.4 Å². The molecule has 0 saturated carbocycles. The summed E-state index contributed by atoms with van der Waals surface area (Å²) in [5, 5.41) is 11.5. The van der Waals surface area contributed by atoms with Crippen molar-refractivity contribution >= 4 is 5.84 Å². The largest absolute Gasteiger partial charge is 0.414 e. The van der Waals surface area contributed by atoms with E-state index in [1.165, 1.54) is 0 Å². The molecular weight excluding hydrogens is 249 g/mol. The van der Waals surface area contributed by atoms with E-state index >= 15 is 0 Å². The van der Waals surface area contributed by atoms with Crippen LogP contribution in [-0.4, -0.2) is 29.9 Å². The van der Waals surface area contributed by atoms with Crippen molar-refractivity contribution in [3.8, 4) is 0 Å². The van der Waals surface area contributed by atoms with E-state index in [1.807, 2.05) is 0 Å². The van der Waals surface area contributed by atoms with Gasteiger partial charge < -0.3 is 15.7 Å². The third-order valence-electron chi connectivity index (χ3n) is 2.83. The van der Waals surface area contributed by atoms with Crippen LogP contribution < -0.4 is 5.73 Å². The quantitative estimate of drug-likeness (QED) is 0.246. The Morgan fingerprint density at radius 1 is 1.33 bits per heavy atom. The fourth-order valence-electron chi connectivity index (χ4n) is 1.29. The maximum Gasteiger partial charge on any atom is 0.414 e.